The Morgan fingerprint density at radius 3 is 2.66 bits per heavy atom. The summed E-state index contributed by atoms with van der Waals surface area (Å²) < 4.78 is 12.2. The lowest BCUT2D eigenvalue weighted by atomic mass is 10.1. The van der Waals surface area contributed by atoms with E-state index in [1.54, 1.807) is 55.3 Å². The number of nitrogens with zero attached hydrogens (tertiary/aromatic N) is 2. The van der Waals surface area contributed by atoms with Crippen LogP contribution < -0.4 is 15.4 Å². The summed E-state index contributed by atoms with van der Waals surface area (Å²) in [5.41, 5.74) is 2.77. The van der Waals surface area contributed by atoms with Gasteiger partial charge in [0.1, 0.15) is 24.4 Å². The summed E-state index contributed by atoms with van der Waals surface area (Å²) in [6.07, 6.45) is 5.92. The van der Waals surface area contributed by atoms with E-state index >= 15 is 0 Å². The Hall–Kier alpha value is -4.08. The molecule has 0 radical (unpaired) electrons. The monoisotopic (exact) mass is 439 g/mol. The van der Waals surface area contributed by atoms with Gasteiger partial charge < -0.3 is 19.4 Å². The van der Waals surface area contributed by atoms with Crippen molar-refractivity contribution in [2.75, 3.05) is 21.3 Å². The summed E-state index contributed by atoms with van der Waals surface area (Å²) in [6, 6.07) is 6.12. The maximum absolute atomic E-state index is 11.6. The van der Waals surface area contributed by atoms with Crippen LogP contribution in [0.25, 0.3) is 6.08 Å². The van der Waals surface area contributed by atoms with E-state index in [1.807, 2.05) is 18.3 Å². The van der Waals surface area contributed by atoms with Gasteiger partial charge in [0, 0.05) is 35.5 Å². The first-order valence-corrected chi connectivity index (χ1v) is 9.90. The highest BCUT2D eigenvalue weighted by molar-refractivity contribution is 6.04. The van der Waals surface area contributed by atoms with Crippen molar-refractivity contribution in [2.24, 2.45) is 0 Å². The molecule has 10 heteroatoms. The van der Waals surface area contributed by atoms with Crippen LogP contribution in [-0.2, 0) is 22.6 Å². The standard InChI is InChI=1S/C12H11N3O4.C10H11NO2/c1-18-15-4-2-7-6-9(19-8(7)3-5-15)10-11(16)14-12(17)13-10;1-11-6-7-3-4-8(13-2)5-9(7)10(11)12/h3-6,10H,2H2,1H3,(H-,13,14,16,17);3-5H,6H2,1-2H3/p+1. The maximum atomic E-state index is 11.6. The zero-order valence-electron chi connectivity index (χ0n) is 17.9. The Bertz CT molecular complexity index is 1150. The molecule has 4 amide bonds. The summed E-state index contributed by atoms with van der Waals surface area (Å²) >= 11 is 0. The number of imide groups is 1. The van der Waals surface area contributed by atoms with Gasteiger partial charge in [-0.25, -0.2) is 4.79 Å². The first kappa shape index (κ1) is 21.2. The molecule has 1 atom stereocenters. The number of fused-ring (bicyclic) bond motifs is 2. The molecular formula is C22H23N4O6+. The summed E-state index contributed by atoms with van der Waals surface area (Å²) in [6.45, 7) is 0.707. The van der Waals surface area contributed by atoms with Crippen molar-refractivity contribution >= 4 is 30.1 Å². The second-order valence-corrected chi connectivity index (χ2v) is 7.36. The minimum Gasteiger partial charge on any atom is -0.497 e. The van der Waals surface area contributed by atoms with Gasteiger partial charge in [-0.05, 0) is 23.8 Å². The molecule has 1 aromatic heterocycles. The molecule has 1 saturated heterocycles. The molecular weight excluding hydrogens is 416 g/mol. The topological polar surface area (TPSA) is 113 Å². The number of benzene rings is 1. The van der Waals surface area contributed by atoms with Gasteiger partial charge in [-0.2, -0.15) is 0 Å². The van der Waals surface area contributed by atoms with Crippen molar-refractivity contribution in [1.82, 2.24) is 15.5 Å². The molecule has 1 fully saturated rings. The Balaban J connectivity index is 0.000000165. The Morgan fingerprint density at radius 1 is 1.16 bits per heavy atom. The summed E-state index contributed by atoms with van der Waals surface area (Å²) in [5.74, 6) is 1.49. The van der Waals surface area contributed by atoms with E-state index in [0.29, 0.717) is 24.5 Å². The Labute approximate surface area is 184 Å². The second kappa shape index (κ2) is 8.58. The van der Waals surface area contributed by atoms with Crippen molar-refractivity contribution in [1.29, 1.82) is 0 Å². The van der Waals surface area contributed by atoms with Crippen LogP contribution in [0.3, 0.4) is 0 Å². The molecule has 4 heterocycles. The highest BCUT2D eigenvalue weighted by atomic mass is 16.6. The molecule has 10 nitrogen and oxygen atoms in total. The molecule has 2 aromatic rings. The predicted molar refractivity (Wildman–Crippen MR) is 113 cm³/mol. The van der Waals surface area contributed by atoms with Gasteiger partial charge in [0.05, 0.1) is 13.5 Å². The van der Waals surface area contributed by atoms with Gasteiger partial charge >= 0.3 is 6.03 Å². The molecule has 32 heavy (non-hydrogen) atoms. The molecule has 1 aromatic carbocycles. The highest BCUT2D eigenvalue weighted by Gasteiger charge is 2.34. The minimum atomic E-state index is -0.758. The van der Waals surface area contributed by atoms with E-state index in [-0.39, 0.29) is 5.91 Å². The minimum absolute atomic E-state index is 0.0777. The summed E-state index contributed by atoms with van der Waals surface area (Å²) in [5, 5.41) is 4.67. The first-order valence-electron chi connectivity index (χ1n) is 9.90. The van der Waals surface area contributed by atoms with Crippen LogP contribution >= 0.6 is 0 Å². The van der Waals surface area contributed by atoms with E-state index in [0.717, 1.165) is 22.4 Å². The normalized spacial score (nSPS) is 18.6. The molecule has 5 rings (SSSR count). The average molecular weight is 439 g/mol. The number of carbonyl (C=O) groups excluding carboxylic acids is 3. The van der Waals surface area contributed by atoms with Gasteiger partial charge in [-0.15, -0.1) is 0 Å². The molecule has 1 unspecified atom stereocenters. The molecule has 3 aliphatic rings. The third-order valence-corrected chi connectivity index (χ3v) is 5.30. The zero-order valence-corrected chi connectivity index (χ0v) is 17.9. The van der Waals surface area contributed by atoms with Crippen LogP contribution in [0.2, 0.25) is 0 Å². The van der Waals surface area contributed by atoms with Gasteiger partial charge in [0.15, 0.2) is 6.04 Å². The number of ether oxygens (including phenoxy) is 1. The van der Waals surface area contributed by atoms with Crippen LogP contribution in [0, 0.1) is 0 Å². The molecule has 0 bridgehead atoms. The van der Waals surface area contributed by atoms with Crippen molar-refractivity contribution in [3.63, 3.8) is 0 Å². The van der Waals surface area contributed by atoms with Crippen molar-refractivity contribution in [3.8, 4) is 5.75 Å². The van der Waals surface area contributed by atoms with E-state index < -0.39 is 18.0 Å². The van der Waals surface area contributed by atoms with Crippen LogP contribution in [0.1, 0.15) is 39.0 Å². The van der Waals surface area contributed by atoms with Gasteiger partial charge in [-0.1, -0.05) is 6.07 Å². The molecule has 0 saturated carbocycles. The summed E-state index contributed by atoms with van der Waals surface area (Å²) in [4.78, 5) is 40.9. The summed E-state index contributed by atoms with van der Waals surface area (Å²) in [7, 11) is 4.97. The second-order valence-electron chi connectivity index (χ2n) is 7.36. The molecule has 0 aliphatic carbocycles. The number of hydrogen-bond donors (Lipinski definition) is 2. The average Bonchev–Trinajstić information content (AvgIpc) is 3.39. The number of amides is 4. The Morgan fingerprint density at radius 2 is 1.97 bits per heavy atom. The predicted octanol–water partition coefficient (Wildman–Crippen LogP) is 1.61. The van der Waals surface area contributed by atoms with Crippen molar-refractivity contribution in [3.05, 3.63) is 58.7 Å². The third-order valence-electron chi connectivity index (χ3n) is 5.30. The third kappa shape index (κ3) is 4.07. The van der Waals surface area contributed by atoms with Crippen LogP contribution in [0.4, 0.5) is 4.79 Å². The van der Waals surface area contributed by atoms with E-state index in [4.69, 9.17) is 14.0 Å². The molecule has 3 aliphatic heterocycles. The Kier molecular flexibility index (Phi) is 5.67. The smallest absolute Gasteiger partial charge is 0.322 e. The molecule has 0 spiro atoms. The van der Waals surface area contributed by atoms with E-state index in [2.05, 4.69) is 10.6 Å². The number of methoxy groups -OCH3 is 1. The lowest BCUT2D eigenvalue weighted by molar-refractivity contribution is -0.728. The van der Waals surface area contributed by atoms with Gasteiger partial charge in [0.25, 0.3) is 11.8 Å². The van der Waals surface area contributed by atoms with Crippen LogP contribution in [0.5, 0.6) is 5.75 Å². The van der Waals surface area contributed by atoms with Crippen LogP contribution in [0.15, 0.2) is 34.9 Å². The van der Waals surface area contributed by atoms with Crippen molar-refractivity contribution in [2.45, 2.75) is 19.0 Å². The fraction of sp³-hybridized carbons (Fsp3) is 0.273. The number of hydrogen-bond acceptors (Lipinski definition) is 6. The number of furan rings is 1. The lowest BCUT2D eigenvalue weighted by Crippen LogP contribution is -2.22. The molecule has 2 N–H and O–H groups in total. The SMILES string of the molecule is CO[N+]1=CCc2cc(C3NC(=O)NC3=O)oc2C=C1.COc1ccc2c(c1)C(=O)N(C)C2. The first-order chi connectivity index (χ1) is 15.4. The number of rotatable bonds is 3. The number of carbonyl (C=O) groups is 3. The zero-order chi connectivity index (χ0) is 22.8. The largest absolute Gasteiger partial charge is 0.497 e. The number of urea groups is 1. The maximum Gasteiger partial charge on any atom is 0.322 e. The van der Waals surface area contributed by atoms with E-state index in [9.17, 15) is 14.4 Å². The van der Waals surface area contributed by atoms with Crippen LogP contribution in [-0.4, -0.2) is 55.0 Å². The quantitative estimate of drug-likeness (QED) is 0.555. The lowest BCUT2D eigenvalue weighted by Gasteiger charge is -2.04. The van der Waals surface area contributed by atoms with Gasteiger partial charge in [-0.3, -0.25) is 19.7 Å². The highest BCUT2D eigenvalue weighted by Crippen LogP contribution is 2.26. The van der Waals surface area contributed by atoms with Crippen molar-refractivity contribution < 1.29 is 33.1 Å². The van der Waals surface area contributed by atoms with Gasteiger partial charge in [0.2, 0.25) is 12.4 Å². The fourth-order valence-electron chi connectivity index (χ4n) is 3.60. The fourth-order valence-corrected chi connectivity index (χ4v) is 3.60. The number of nitrogens with one attached hydrogen (secondary N) is 2. The number of hydroxylamine groups is 1. The van der Waals surface area contributed by atoms with E-state index in [1.165, 1.54) is 0 Å². The molecule has 166 valence electrons.